The molecule has 0 saturated carbocycles. The third-order valence-electron chi connectivity index (χ3n) is 6.90. The molecule has 0 aliphatic heterocycles. The number of nitriles is 1. The van der Waals surface area contributed by atoms with Crippen molar-refractivity contribution in [3.8, 4) is 17.3 Å². The maximum Gasteiger partial charge on any atom is 0.337 e. The molecule has 1 unspecified atom stereocenters. The van der Waals surface area contributed by atoms with Gasteiger partial charge >= 0.3 is 5.97 Å². The summed E-state index contributed by atoms with van der Waals surface area (Å²) >= 11 is 0. The molecule has 3 heterocycles. The summed E-state index contributed by atoms with van der Waals surface area (Å²) in [6, 6.07) is 16.0. The summed E-state index contributed by atoms with van der Waals surface area (Å²) in [4.78, 5) is 37.9. The van der Waals surface area contributed by atoms with Gasteiger partial charge in [-0.2, -0.15) is 10.4 Å². The van der Waals surface area contributed by atoms with Crippen molar-refractivity contribution in [1.82, 2.24) is 29.9 Å². The third-order valence-corrected chi connectivity index (χ3v) is 6.90. The number of aryl methyl sites for hydroxylation is 2. The van der Waals surface area contributed by atoms with Gasteiger partial charge < -0.3 is 21.1 Å². The van der Waals surface area contributed by atoms with Crippen molar-refractivity contribution < 1.29 is 14.3 Å². The number of esters is 1. The summed E-state index contributed by atoms with van der Waals surface area (Å²) in [5, 5.41) is 20.3. The molecule has 3 aromatic heterocycles. The number of nitrogens with zero attached hydrogens (tertiary/aromatic N) is 6. The Balaban J connectivity index is 1.45. The monoisotopic (exact) mass is 575 g/mol. The van der Waals surface area contributed by atoms with E-state index in [0.29, 0.717) is 22.6 Å². The Morgan fingerprint density at radius 2 is 1.86 bits per heavy atom. The summed E-state index contributed by atoms with van der Waals surface area (Å²) in [7, 11) is 1.33. The van der Waals surface area contributed by atoms with Crippen LogP contribution in [0.1, 0.15) is 61.8 Å². The third kappa shape index (κ3) is 5.96. The number of anilines is 2. The standard InChI is InChI=1S/C31H29N9O3/c1-17-11-22(13-23(12-17)30(41)34-15-20-5-7-21(8-6-20)31(42)43-4)25-26-18(2)9-10-40(26)39-28(38-25)19(3)37-29-24(14-32)27(33)35-16-36-29/h5-13,16,19H,15H2,1-4H3,(H,34,41)(H3,33,35,36,37). The van der Waals surface area contributed by atoms with Gasteiger partial charge in [0.05, 0.1) is 29.9 Å². The summed E-state index contributed by atoms with van der Waals surface area (Å²) in [5.41, 5.74) is 11.8. The lowest BCUT2D eigenvalue weighted by Crippen LogP contribution is -2.23. The molecular formula is C31H29N9O3. The number of nitrogen functional groups attached to an aromatic ring is 1. The zero-order chi connectivity index (χ0) is 30.7. The van der Waals surface area contributed by atoms with E-state index in [1.165, 1.54) is 13.4 Å². The van der Waals surface area contributed by atoms with Crippen molar-refractivity contribution in [1.29, 1.82) is 5.26 Å². The molecule has 2 aromatic carbocycles. The number of hydrogen-bond donors (Lipinski definition) is 3. The number of nitrogens with two attached hydrogens (primary N) is 1. The van der Waals surface area contributed by atoms with E-state index >= 15 is 0 Å². The first kappa shape index (κ1) is 28.7. The molecule has 0 spiro atoms. The second kappa shape index (κ2) is 12.0. The van der Waals surface area contributed by atoms with Gasteiger partial charge in [-0.3, -0.25) is 4.79 Å². The van der Waals surface area contributed by atoms with Gasteiger partial charge in [0.15, 0.2) is 5.82 Å². The Labute approximate surface area is 247 Å². The summed E-state index contributed by atoms with van der Waals surface area (Å²) < 4.78 is 6.49. The van der Waals surface area contributed by atoms with Crippen LogP contribution in [-0.4, -0.2) is 43.6 Å². The van der Waals surface area contributed by atoms with Gasteiger partial charge in [-0.1, -0.05) is 12.1 Å². The van der Waals surface area contributed by atoms with Crippen LogP contribution >= 0.6 is 0 Å². The highest BCUT2D eigenvalue weighted by atomic mass is 16.5. The highest BCUT2D eigenvalue weighted by molar-refractivity contribution is 5.96. The van der Waals surface area contributed by atoms with Crippen molar-refractivity contribution in [3.05, 3.63) is 100 Å². The second-order valence-corrected chi connectivity index (χ2v) is 10.0. The topological polar surface area (TPSA) is 173 Å². The zero-order valence-electron chi connectivity index (χ0n) is 24.0. The maximum absolute atomic E-state index is 13.2. The Kier molecular flexibility index (Phi) is 7.98. The van der Waals surface area contributed by atoms with Gasteiger partial charge in [0, 0.05) is 23.9 Å². The molecule has 1 amide bonds. The van der Waals surface area contributed by atoms with Gasteiger partial charge in [0.1, 0.15) is 29.6 Å². The van der Waals surface area contributed by atoms with Crippen molar-refractivity contribution in [2.75, 3.05) is 18.2 Å². The van der Waals surface area contributed by atoms with Crippen LogP contribution in [0.15, 0.2) is 61.1 Å². The van der Waals surface area contributed by atoms with E-state index in [9.17, 15) is 14.9 Å². The number of amides is 1. The molecule has 5 rings (SSSR count). The quantitative estimate of drug-likeness (QED) is 0.228. The van der Waals surface area contributed by atoms with E-state index in [4.69, 9.17) is 20.6 Å². The summed E-state index contributed by atoms with van der Waals surface area (Å²) in [6.07, 6.45) is 3.14. The van der Waals surface area contributed by atoms with Crippen molar-refractivity contribution in [3.63, 3.8) is 0 Å². The molecule has 0 bridgehead atoms. The van der Waals surface area contributed by atoms with Crippen molar-refractivity contribution in [2.45, 2.75) is 33.4 Å². The lowest BCUT2D eigenvalue weighted by molar-refractivity contribution is 0.0600. The van der Waals surface area contributed by atoms with Crippen LogP contribution in [0.5, 0.6) is 0 Å². The number of aromatic nitrogens is 5. The summed E-state index contributed by atoms with van der Waals surface area (Å²) in [5.74, 6) is 0.140. The highest BCUT2D eigenvalue weighted by Crippen LogP contribution is 2.29. The first-order valence-corrected chi connectivity index (χ1v) is 13.4. The van der Waals surface area contributed by atoms with Crippen molar-refractivity contribution >= 4 is 29.0 Å². The van der Waals surface area contributed by atoms with E-state index < -0.39 is 12.0 Å². The Hall–Kier alpha value is -5.83. The lowest BCUT2D eigenvalue weighted by atomic mass is 10.0. The van der Waals surface area contributed by atoms with E-state index in [0.717, 1.165) is 27.8 Å². The van der Waals surface area contributed by atoms with Crippen LogP contribution in [0, 0.1) is 25.2 Å². The molecule has 1 atom stereocenters. The van der Waals surface area contributed by atoms with Crippen molar-refractivity contribution in [2.24, 2.45) is 0 Å². The highest BCUT2D eigenvalue weighted by Gasteiger charge is 2.20. The van der Waals surface area contributed by atoms with E-state index in [1.54, 1.807) is 34.8 Å². The molecule has 43 heavy (non-hydrogen) atoms. The van der Waals surface area contributed by atoms with Crippen LogP contribution in [0.3, 0.4) is 0 Å². The molecule has 0 saturated heterocycles. The Morgan fingerprint density at radius 1 is 1.09 bits per heavy atom. The number of rotatable bonds is 8. The molecule has 0 radical (unpaired) electrons. The molecule has 5 aromatic rings. The fourth-order valence-corrected chi connectivity index (χ4v) is 4.68. The SMILES string of the molecule is COC(=O)c1ccc(CNC(=O)c2cc(C)cc(-c3nc(C(C)Nc4ncnc(N)c4C#N)nn4ccc(C)c34)c2)cc1. The van der Waals surface area contributed by atoms with E-state index in [1.807, 2.05) is 51.2 Å². The number of carbonyl (C=O) groups is 2. The fourth-order valence-electron chi connectivity index (χ4n) is 4.68. The number of methoxy groups -OCH3 is 1. The zero-order valence-corrected chi connectivity index (χ0v) is 24.0. The smallest absolute Gasteiger partial charge is 0.337 e. The predicted octanol–water partition coefficient (Wildman–Crippen LogP) is 4.15. The first-order valence-electron chi connectivity index (χ1n) is 13.4. The van der Waals surface area contributed by atoms with Gasteiger partial charge in [-0.15, -0.1) is 0 Å². The average Bonchev–Trinajstić information content (AvgIpc) is 3.39. The molecule has 0 aliphatic rings. The fraction of sp³-hybridized carbons (Fsp3) is 0.194. The van der Waals surface area contributed by atoms with E-state index in [2.05, 4.69) is 20.6 Å². The Morgan fingerprint density at radius 3 is 2.58 bits per heavy atom. The number of carbonyl (C=O) groups excluding carboxylic acids is 2. The van der Waals surface area contributed by atoms with Gasteiger partial charge in [-0.25, -0.2) is 24.3 Å². The normalized spacial score (nSPS) is 11.5. The molecule has 0 fully saturated rings. The predicted molar refractivity (Wildman–Crippen MR) is 160 cm³/mol. The second-order valence-electron chi connectivity index (χ2n) is 10.0. The average molecular weight is 576 g/mol. The maximum atomic E-state index is 13.2. The van der Waals surface area contributed by atoms with Crippen LogP contribution in [0.4, 0.5) is 11.6 Å². The van der Waals surface area contributed by atoms with Crippen LogP contribution in [-0.2, 0) is 11.3 Å². The molecule has 216 valence electrons. The number of fused-ring (bicyclic) bond motifs is 1. The van der Waals surface area contributed by atoms with E-state index in [-0.39, 0.29) is 29.7 Å². The molecule has 12 nitrogen and oxygen atoms in total. The number of hydrogen-bond acceptors (Lipinski definition) is 10. The van der Waals surface area contributed by atoms with Gasteiger partial charge in [-0.05, 0) is 73.9 Å². The number of nitrogens with one attached hydrogen (secondary N) is 2. The molecule has 4 N–H and O–H groups in total. The molecular weight excluding hydrogens is 546 g/mol. The first-order chi connectivity index (χ1) is 20.7. The Bertz CT molecular complexity index is 1890. The minimum atomic E-state index is -0.453. The largest absolute Gasteiger partial charge is 0.465 e. The minimum Gasteiger partial charge on any atom is -0.465 e. The molecule has 12 heteroatoms. The van der Waals surface area contributed by atoms with Crippen LogP contribution < -0.4 is 16.4 Å². The summed E-state index contributed by atoms with van der Waals surface area (Å²) in [6.45, 7) is 6.03. The van der Waals surface area contributed by atoms with Crippen LogP contribution in [0.25, 0.3) is 16.8 Å². The minimum absolute atomic E-state index is 0.0778. The van der Waals surface area contributed by atoms with Gasteiger partial charge in [0.25, 0.3) is 5.91 Å². The lowest BCUT2D eigenvalue weighted by Gasteiger charge is -2.17. The van der Waals surface area contributed by atoms with Crippen LogP contribution in [0.2, 0.25) is 0 Å². The molecule has 0 aliphatic carbocycles. The number of ether oxygens (including phenoxy) is 1. The number of benzene rings is 2. The van der Waals surface area contributed by atoms with Gasteiger partial charge in [0.2, 0.25) is 0 Å².